The topological polar surface area (TPSA) is 0 Å². The first kappa shape index (κ1) is 13.8. The van der Waals surface area contributed by atoms with Crippen molar-refractivity contribution in [2.24, 2.45) is 0 Å². The summed E-state index contributed by atoms with van der Waals surface area (Å²) in [5.41, 5.74) is 3.93. The summed E-state index contributed by atoms with van der Waals surface area (Å²) >= 11 is 7.51. The van der Waals surface area contributed by atoms with Gasteiger partial charge in [-0.15, -0.1) is 0 Å². The normalized spacial score (nSPS) is 12.6. The highest BCUT2D eigenvalue weighted by Crippen LogP contribution is 2.38. The zero-order chi connectivity index (χ0) is 14.1. The molecule has 0 aliphatic heterocycles. The monoisotopic (exact) mass is 388 g/mol. The second-order valence-corrected chi connectivity index (χ2v) is 6.67. The molecular weight excluding hydrogens is 376 g/mol. The third-order valence-corrected chi connectivity index (χ3v) is 5.32. The Morgan fingerprint density at radius 3 is 2.15 bits per heavy atom. The molecule has 0 bridgehead atoms. The third kappa shape index (κ3) is 2.43. The SMILES string of the molecule is Cc1ccccc1C(Br)c1ccc(Br)c2ccccc12. The number of fused-ring (bicyclic) bond motifs is 1. The molecule has 0 saturated heterocycles. The van der Waals surface area contributed by atoms with Crippen LogP contribution < -0.4 is 0 Å². The molecule has 0 amide bonds. The predicted octanol–water partition coefficient (Wildman–Crippen LogP) is 6.40. The molecule has 0 nitrogen and oxygen atoms in total. The second-order valence-electron chi connectivity index (χ2n) is 4.90. The number of hydrogen-bond acceptors (Lipinski definition) is 0. The summed E-state index contributed by atoms with van der Waals surface area (Å²) in [7, 11) is 0. The van der Waals surface area contributed by atoms with Crippen molar-refractivity contribution in [3.05, 3.63) is 81.8 Å². The Labute approximate surface area is 136 Å². The molecular formula is C18H14Br2. The van der Waals surface area contributed by atoms with Gasteiger partial charge in [0.2, 0.25) is 0 Å². The summed E-state index contributed by atoms with van der Waals surface area (Å²) in [6.07, 6.45) is 0. The smallest absolute Gasteiger partial charge is 0.0653 e. The lowest BCUT2D eigenvalue weighted by molar-refractivity contribution is 1.16. The molecule has 2 heteroatoms. The Kier molecular flexibility index (Phi) is 3.95. The van der Waals surface area contributed by atoms with Gasteiger partial charge in [0.05, 0.1) is 4.83 Å². The van der Waals surface area contributed by atoms with E-state index in [9.17, 15) is 0 Å². The molecule has 3 rings (SSSR count). The minimum absolute atomic E-state index is 0.210. The number of benzene rings is 3. The summed E-state index contributed by atoms with van der Waals surface area (Å²) < 4.78 is 1.14. The summed E-state index contributed by atoms with van der Waals surface area (Å²) in [5.74, 6) is 0. The Hall–Kier alpha value is -1.12. The average Bonchev–Trinajstić information content (AvgIpc) is 2.48. The van der Waals surface area contributed by atoms with Crippen LogP contribution >= 0.6 is 31.9 Å². The molecule has 0 heterocycles. The number of hydrogen-bond donors (Lipinski definition) is 0. The van der Waals surface area contributed by atoms with Crippen LogP contribution in [-0.2, 0) is 0 Å². The number of rotatable bonds is 2. The van der Waals surface area contributed by atoms with Gasteiger partial charge in [-0.05, 0) is 40.5 Å². The molecule has 100 valence electrons. The van der Waals surface area contributed by atoms with Gasteiger partial charge in [0.1, 0.15) is 0 Å². The largest absolute Gasteiger partial charge is 0.0786 e. The van der Waals surface area contributed by atoms with Crippen LogP contribution in [0.3, 0.4) is 0 Å². The molecule has 0 aliphatic carbocycles. The van der Waals surface area contributed by atoms with E-state index in [1.54, 1.807) is 0 Å². The van der Waals surface area contributed by atoms with Crippen molar-refractivity contribution < 1.29 is 0 Å². The molecule has 0 fully saturated rings. The van der Waals surface area contributed by atoms with Crippen LogP contribution in [0.2, 0.25) is 0 Å². The van der Waals surface area contributed by atoms with E-state index < -0.39 is 0 Å². The quantitative estimate of drug-likeness (QED) is 0.445. The Morgan fingerprint density at radius 1 is 0.750 bits per heavy atom. The van der Waals surface area contributed by atoms with Crippen LogP contribution in [0.4, 0.5) is 0 Å². The first-order valence-corrected chi connectivity index (χ1v) is 8.26. The van der Waals surface area contributed by atoms with Gasteiger partial charge < -0.3 is 0 Å². The van der Waals surface area contributed by atoms with Crippen LogP contribution in [-0.4, -0.2) is 0 Å². The lowest BCUT2D eigenvalue weighted by Gasteiger charge is -2.16. The molecule has 1 atom stereocenters. The average molecular weight is 390 g/mol. The molecule has 3 aromatic rings. The minimum Gasteiger partial charge on any atom is -0.0786 e. The summed E-state index contributed by atoms with van der Waals surface area (Å²) in [6.45, 7) is 2.16. The van der Waals surface area contributed by atoms with Crippen LogP contribution in [0.15, 0.2) is 65.1 Å². The number of aryl methyl sites for hydroxylation is 1. The van der Waals surface area contributed by atoms with E-state index in [2.05, 4.69) is 99.4 Å². The zero-order valence-electron chi connectivity index (χ0n) is 11.1. The summed E-state index contributed by atoms with van der Waals surface area (Å²) in [4.78, 5) is 0.210. The molecule has 0 aliphatic rings. The highest BCUT2D eigenvalue weighted by atomic mass is 79.9. The van der Waals surface area contributed by atoms with E-state index >= 15 is 0 Å². The summed E-state index contributed by atoms with van der Waals surface area (Å²) in [5, 5.41) is 2.54. The van der Waals surface area contributed by atoms with Crippen LogP contribution in [0.1, 0.15) is 21.5 Å². The maximum Gasteiger partial charge on any atom is 0.0653 e. The van der Waals surface area contributed by atoms with Crippen molar-refractivity contribution in [2.75, 3.05) is 0 Å². The number of halogens is 2. The van der Waals surface area contributed by atoms with Gasteiger partial charge in [-0.1, -0.05) is 86.5 Å². The van der Waals surface area contributed by atoms with Gasteiger partial charge in [-0.25, -0.2) is 0 Å². The number of alkyl halides is 1. The van der Waals surface area contributed by atoms with Crippen LogP contribution in [0.5, 0.6) is 0 Å². The van der Waals surface area contributed by atoms with E-state index in [0.29, 0.717) is 0 Å². The fourth-order valence-corrected chi connectivity index (χ4v) is 3.94. The van der Waals surface area contributed by atoms with Crippen molar-refractivity contribution in [1.29, 1.82) is 0 Å². The predicted molar refractivity (Wildman–Crippen MR) is 93.6 cm³/mol. The van der Waals surface area contributed by atoms with Crippen LogP contribution in [0, 0.1) is 6.92 Å². The van der Waals surface area contributed by atoms with Crippen molar-refractivity contribution in [3.63, 3.8) is 0 Å². The van der Waals surface area contributed by atoms with Gasteiger partial charge >= 0.3 is 0 Å². The van der Waals surface area contributed by atoms with Gasteiger partial charge in [-0.3, -0.25) is 0 Å². The van der Waals surface area contributed by atoms with E-state index in [1.165, 1.54) is 27.5 Å². The van der Waals surface area contributed by atoms with Crippen molar-refractivity contribution in [3.8, 4) is 0 Å². The molecule has 0 spiro atoms. The van der Waals surface area contributed by atoms with Gasteiger partial charge in [0.25, 0.3) is 0 Å². The van der Waals surface area contributed by atoms with Crippen LogP contribution in [0.25, 0.3) is 10.8 Å². The van der Waals surface area contributed by atoms with Gasteiger partial charge in [0, 0.05) is 4.47 Å². The molecule has 20 heavy (non-hydrogen) atoms. The lowest BCUT2D eigenvalue weighted by Crippen LogP contribution is -1.97. The Balaban J connectivity index is 2.20. The van der Waals surface area contributed by atoms with E-state index in [1.807, 2.05) is 0 Å². The molecule has 1 unspecified atom stereocenters. The third-order valence-electron chi connectivity index (χ3n) is 3.64. The first-order valence-electron chi connectivity index (χ1n) is 6.55. The van der Waals surface area contributed by atoms with E-state index in [0.717, 1.165) is 4.47 Å². The molecule has 0 radical (unpaired) electrons. The highest BCUT2D eigenvalue weighted by molar-refractivity contribution is 9.10. The highest BCUT2D eigenvalue weighted by Gasteiger charge is 2.15. The Bertz CT molecular complexity index is 762. The molecule has 0 saturated carbocycles. The van der Waals surface area contributed by atoms with E-state index in [4.69, 9.17) is 0 Å². The Morgan fingerprint density at radius 2 is 1.40 bits per heavy atom. The lowest BCUT2D eigenvalue weighted by atomic mass is 9.96. The fraction of sp³-hybridized carbons (Fsp3) is 0.111. The summed E-state index contributed by atoms with van der Waals surface area (Å²) in [6, 6.07) is 21.3. The maximum absolute atomic E-state index is 3.88. The maximum atomic E-state index is 3.88. The minimum atomic E-state index is 0.210. The van der Waals surface area contributed by atoms with Crippen molar-refractivity contribution >= 4 is 42.6 Å². The molecule has 0 N–H and O–H groups in total. The second kappa shape index (κ2) is 5.71. The molecule has 3 aromatic carbocycles. The van der Waals surface area contributed by atoms with Gasteiger partial charge in [0.15, 0.2) is 0 Å². The molecule has 0 aromatic heterocycles. The van der Waals surface area contributed by atoms with E-state index in [-0.39, 0.29) is 4.83 Å². The van der Waals surface area contributed by atoms with Gasteiger partial charge in [-0.2, -0.15) is 0 Å². The van der Waals surface area contributed by atoms with Crippen molar-refractivity contribution in [2.45, 2.75) is 11.8 Å². The first-order chi connectivity index (χ1) is 9.68. The fourth-order valence-electron chi connectivity index (χ4n) is 2.55. The van der Waals surface area contributed by atoms with Crippen molar-refractivity contribution in [1.82, 2.24) is 0 Å². The zero-order valence-corrected chi connectivity index (χ0v) is 14.3. The standard InChI is InChI=1S/C18H14Br2/c1-12-6-2-3-7-13(12)18(20)16-10-11-17(19)15-9-5-4-8-14(15)16/h2-11,18H,1H3.